The second kappa shape index (κ2) is 16.6. The molecule has 0 spiro atoms. The Morgan fingerprint density at radius 1 is 1.02 bits per heavy atom. The number of ether oxygens (including phenoxy) is 1. The van der Waals surface area contributed by atoms with Crippen molar-refractivity contribution in [3.63, 3.8) is 0 Å². The van der Waals surface area contributed by atoms with Crippen LogP contribution in [0.4, 0.5) is 34.6 Å². The van der Waals surface area contributed by atoms with Crippen molar-refractivity contribution < 1.29 is 50.2 Å². The van der Waals surface area contributed by atoms with Crippen molar-refractivity contribution in [3.05, 3.63) is 119 Å². The van der Waals surface area contributed by atoms with Gasteiger partial charge in [0.2, 0.25) is 15.9 Å². The molecule has 16 heteroatoms. The topological polar surface area (TPSA) is 145 Å². The molecule has 1 heterocycles. The van der Waals surface area contributed by atoms with E-state index in [4.69, 9.17) is 4.74 Å². The van der Waals surface area contributed by atoms with Gasteiger partial charge in [0.15, 0.2) is 5.75 Å². The lowest BCUT2D eigenvalue weighted by Crippen LogP contribution is -2.49. The summed E-state index contributed by atoms with van der Waals surface area (Å²) in [7, 11) is -4.37. The molecular weight excluding hydrogens is 720 g/mol. The second-order valence-corrected chi connectivity index (χ2v) is 14.2. The predicted molar refractivity (Wildman–Crippen MR) is 189 cm³/mol. The summed E-state index contributed by atoms with van der Waals surface area (Å²) in [6.45, 7) is -0.0901. The van der Waals surface area contributed by atoms with Gasteiger partial charge in [-0.25, -0.2) is 17.1 Å². The van der Waals surface area contributed by atoms with Crippen molar-refractivity contribution >= 4 is 45.4 Å². The number of anilines is 3. The molecule has 11 nitrogen and oxygen atoms in total. The summed E-state index contributed by atoms with van der Waals surface area (Å²) in [5.74, 6) is -2.44. The summed E-state index contributed by atoms with van der Waals surface area (Å²) in [5, 5.41) is 17.1. The maximum absolute atomic E-state index is 14.5. The molecular formula is C37H36F4N4O7S. The lowest BCUT2D eigenvalue weighted by atomic mass is 9.99. The van der Waals surface area contributed by atoms with Crippen molar-refractivity contribution in [2.45, 2.75) is 44.1 Å². The molecule has 1 aliphatic heterocycles. The molecule has 4 aromatic rings. The van der Waals surface area contributed by atoms with Gasteiger partial charge in [-0.3, -0.25) is 14.4 Å². The Morgan fingerprint density at radius 2 is 1.74 bits per heavy atom. The third-order valence-corrected chi connectivity index (χ3v) is 9.53. The number of hydrogen-bond acceptors (Lipinski definition) is 8. The number of benzene rings is 4. The summed E-state index contributed by atoms with van der Waals surface area (Å²) in [6, 6.07) is 19.5. The van der Waals surface area contributed by atoms with Gasteiger partial charge in [0.05, 0.1) is 40.9 Å². The first kappa shape index (κ1) is 38.9. The molecule has 53 heavy (non-hydrogen) atoms. The van der Waals surface area contributed by atoms with Crippen LogP contribution in [0.5, 0.6) is 5.75 Å². The molecule has 2 atom stereocenters. The smallest absolute Gasteiger partial charge is 0.416 e. The maximum Gasteiger partial charge on any atom is 0.416 e. The average molecular weight is 757 g/mol. The monoisotopic (exact) mass is 756 g/mol. The van der Waals surface area contributed by atoms with Crippen molar-refractivity contribution in [1.29, 1.82) is 0 Å². The van der Waals surface area contributed by atoms with Crippen molar-refractivity contribution in [2.24, 2.45) is 0 Å². The van der Waals surface area contributed by atoms with Crippen LogP contribution in [0.15, 0.2) is 91.0 Å². The second-order valence-electron chi connectivity index (χ2n) is 12.3. The van der Waals surface area contributed by atoms with E-state index in [2.05, 4.69) is 10.6 Å². The number of rotatable bonds is 15. The Bertz CT molecular complexity index is 2070. The van der Waals surface area contributed by atoms with Gasteiger partial charge < -0.3 is 25.4 Å². The van der Waals surface area contributed by atoms with E-state index in [1.54, 1.807) is 30.3 Å². The molecule has 0 radical (unpaired) electrons. The molecule has 0 bridgehead atoms. The normalized spacial score (nSPS) is 14.5. The van der Waals surface area contributed by atoms with Crippen LogP contribution in [0.1, 0.15) is 39.9 Å². The molecule has 280 valence electrons. The number of halogens is 4. The fraction of sp³-hybridized carbons (Fsp3) is 0.270. The number of alkyl halides is 3. The molecule has 1 saturated heterocycles. The number of amides is 2. The minimum Gasteiger partial charge on any atom is -0.426 e. The van der Waals surface area contributed by atoms with Crippen LogP contribution in [0.25, 0.3) is 0 Å². The number of aliphatic hydroxyl groups is 1. The number of hydrogen-bond donors (Lipinski definition) is 3. The zero-order chi connectivity index (χ0) is 38.3. The summed E-state index contributed by atoms with van der Waals surface area (Å²) < 4.78 is 86.9. The van der Waals surface area contributed by atoms with Gasteiger partial charge in [0.25, 0.3) is 12.4 Å². The Balaban J connectivity index is 1.54. The van der Waals surface area contributed by atoms with E-state index in [9.17, 15) is 45.5 Å². The first-order valence-corrected chi connectivity index (χ1v) is 18.3. The lowest BCUT2D eigenvalue weighted by Gasteiger charge is -2.31. The highest BCUT2D eigenvalue weighted by Crippen LogP contribution is 2.47. The Morgan fingerprint density at radius 3 is 2.38 bits per heavy atom. The molecule has 0 aromatic heterocycles. The highest BCUT2D eigenvalue weighted by molar-refractivity contribution is 7.92. The van der Waals surface area contributed by atoms with Crippen LogP contribution in [-0.2, 0) is 38.8 Å². The number of nitrogens with zero attached hydrogens (tertiary/aromatic N) is 2. The van der Waals surface area contributed by atoms with E-state index in [1.165, 1.54) is 41.3 Å². The summed E-state index contributed by atoms with van der Waals surface area (Å²) in [6.07, 6.45) is -4.52. The Hall–Kier alpha value is -5.32. The third kappa shape index (κ3) is 9.57. The first-order chi connectivity index (χ1) is 25.2. The van der Waals surface area contributed by atoms with Crippen molar-refractivity contribution in [3.8, 4) is 5.75 Å². The van der Waals surface area contributed by atoms with Gasteiger partial charge in [-0.15, -0.1) is 0 Å². The van der Waals surface area contributed by atoms with Crippen molar-refractivity contribution in [2.75, 3.05) is 28.6 Å². The van der Waals surface area contributed by atoms with E-state index in [-0.39, 0.29) is 61.6 Å². The summed E-state index contributed by atoms with van der Waals surface area (Å²) in [5.41, 5.74) is -0.845. The zero-order valence-electron chi connectivity index (χ0n) is 28.3. The third-order valence-electron chi connectivity index (χ3n) is 8.47. The molecule has 0 saturated carbocycles. The van der Waals surface area contributed by atoms with E-state index in [0.29, 0.717) is 16.3 Å². The van der Waals surface area contributed by atoms with Gasteiger partial charge in [-0.2, -0.15) is 13.2 Å². The molecule has 2 amide bonds. The van der Waals surface area contributed by atoms with Crippen LogP contribution >= 0.6 is 0 Å². The number of carbonyl (C=O) groups is 3. The predicted octanol–water partition coefficient (Wildman–Crippen LogP) is 5.10. The summed E-state index contributed by atoms with van der Waals surface area (Å²) in [4.78, 5) is 40.4. The quantitative estimate of drug-likeness (QED) is 0.112. The minimum absolute atomic E-state index is 0.0306. The van der Waals surface area contributed by atoms with Crippen LogP contribution in [0, 0.1) is 5.82 Å². The van der Waals surface area contributed by atoms with E-state index >= 15 is 0 Å². The molecule has 5 rings (SSSR count). The van der Waals surface area contributed by atoms with Gasteiger partial charge in [0.1, 0.15) is 11.5 Å². The number of carbonyl (C=O) groups excluding carboxylic acids is 3. The fourth-order valence-corrected chi connectivity index (χ4v) is 7.10. The number of nitrogens with one attached hydrogen (secondary N) is 2. The van der Waals surface area contributed by atoms with Crippen molar-refractivity contribution in [1.82, 2.24) is 10.6 Å². The zero-order valence-corrected chi connectivity index (χ0v) is 29.2. The maximum atomic E-state index is 14.5. The fourth-order valence-electron chi connectivity index (χ4n) is 6.10. The molecule has 3 N–H and O–H groups in total. The standard InChI is InChI=1S/C37H36F4N4O7S/c1-53(50,51)45(28-13-6-12-27(38)20-28)35-32(52-23-46)16-15-29(34(35)44-17-7-14-33(44)48)36(49)43-30(19-24-8-3-2-4-9-24)31(47)22-42-21-25-10-5-11-26(18-25)37(39,40)41/h2-6,8-13,15-16,18,20,23,30-31,42,47H,7,14,17,19,21-22H2,1H3,(H,43,49)/t30-,31+/m0/s1. The molecule has 1 aliphatic rings. The van der Waals surface area contributed by atoms with Gasteiger partial charge >= 0.3 is 6.18 Å². The van der Waals surface area contributed by atoms with E-state index < -0.39 is 57.2 Å². The largest absolute Gasteiger partial charge is 0.426 e. The SMILES string of the molecule is CS(=O)(=O)N(c1cccc(F)c1)c1c(OC=O)ccc(C(=O)N[C@@H](Cc2ccccc2)[C@H](O)CNCc2cccc(C(F)(F)F)c2)c1N1CCCC1=O. The van der Waals surface area contributed by atoms with Gasteiger partial charge in [0, 0.05) is 26.1 Å². The van der Waals surface area contributed by atoms with Crippen LogP contribution in [0.3, 0.4) is 0 Å². The van der Waals surface area contributed by atoms with Gasteiger partial charge in [-0.1, -0.05) is 54.6 Å². The highest BCUT2D eigenvalue weighted by atomic mass is 32.2. The molecule has 1 fully saturated rings. The number of aliphatic hydroxyl groups excluding tert-OH is 1. The van der Waals surface area contributed by atoms with E-state index in [1.807, 2.05) is 0 Å². The average Bonchev–Trinajstić information content (AvgIpc) is 3.53. The Labute approximate surface area is 303 Å². The minimum atomic E-state index is -4.54. The Kier molecular flexibility index (Phi) is 12.2. The molecule has 0 unspecified atom stereocenters. The van der Waals surface area contributed by atoms with Crippen LogP contribution in [0.2, 0.25) is 0 Å². The van der Waals surface area contributed by atoms with Crippen LogP contribution in [-0.4, -0.2) is 63.3 Å². The van der Waals surface area contributed by atoms with Crippen LogP contribution < -0.4 is 24.6 Å². The molecule has 0 aliphatic carbocycles. The first-order valence-electron chi connectivity index (χ1n) is 16.4. The highest BCUT2D eigenvalue weighted by Gasteiger charge is 2.37. The number of sulfonamides is 1. The van der Waals surface area contributed by atoms with E-state index in [0.717, 1.165) is 36.1 Å². The summed E-state index contributed by atoms with van der Waals surface area (Å²) >= 11 is 0. The lowest BCUT2D eigenvalue weighted by molar-refractivity contribution is -0.137. The molecule has 4 aromatic carbocycles. The van der Waals surface area contributed by atoms with Gasteiger partial charge in [-0.05, 0) is 60.4 Å².